The summed E-state index contributed by atoms with van der Waals surface area (Å²) in [6.45, 7) is 14.6. The van der Waals surface area contributed by atoms with Crippen LogP contribution in [-0.4, -0.2) is 20.3 Å². The van der Waals surface area contributed by atoms with Gasteiger partial charge in [-0.15, -0.1) is 30.2 Å². The van der Waals surface area contributed by atoms with E-state index in [1.54, 1.807) is 0 Å². The van der Waals surface area contributed by atoms with E-state index in [-0.39, 0.29) is 35.3 Å². The Bertz CT molecular complexity index is 1670. The monoisotopic (exact) mass is 696 g/mol. The molecule has 47 heavy (non-hydrogen) atoms. The summed E-state index contributed by atoms with van der Waals surface area (Å²) in [4.78, 5) is 9.72. The standard InChI is InChI=1S/C37H41N2P2.C5H5.Fe/c1-36(2,3)41(37(4,5)6)27-32-30(26-40(33-21-13-15-23-38-33)34-22-14-16-24-39-34)25-31(28-17-9-7-10-18-28)35(32)29-19-11-8-12-20-29;1-2-4-5-3-1;/h7-25H,26-27H2,1-6H3;1-5H;/q-1;-5;. The Balaban J connectivity index is 0.000000762. The van der Waals surface area contributed by atoms with Crippen LogP contribution < -0.4 is 10.9 Å². The zero-order valence-corrected chi connectivity index (χ0v) is 31.3. The molecule has 0 amide bonds. The van der Waals surface area contributed by atoms with Crippen molar-refractivity contribution < 1.29 is 17.1 Å². The summed E-state index contributed by atoms with van der Waals surface area (Å²) in [7, 11) is -1.13. The van der Waals surface area contributed by atoms with Gasteiger partial charge >= 0.3 is 0 Å². The first-order chi connectivity index (χ1) is 22.1. The van der Waals surface area contributed by atoms with Crippen molar-refractivity contribution in [1.29, 1.82) is 0 Å². The first-order valence-corrected chi connectivity index (χ1v) is 19.1. The maximum absolute atomic E-state index is 4.86. The molecule has 5 heteroatoms. The van der Waals surface area contributed by atoms with Gasteiger partial charge in [0.1, 0.15) is 0 Å². The van der Waals surface area contributed by atoms with Crippen molar-refractivity contribution in [2.75, 3.05) is 0 Å². The molecule has 0 aliphatic rings. The van der Waals surface area contributed by atoms with Crippen molar-refractivity contribution in [3.05, 3.63) is 157 Å². The number of nitrogens with zero attached hydrogens (tertiary/aromatic N) is 2. The van der Waals surface area contributed by atoms with Crippen LogP contribution >= 0.6 is 15.8 Å². The second-order valence-corrected chi connectivity index (χ2v) is 19.5. The van der Waals surface area contributed by atoms with Gasteiger partial charge in [0, 0.05) is 29.5 Å². The quantitative estimate of drug-likeness (QED) is 0.0899. The van der Waals surface area contributed by atoms with E-state index >= 15 is 0 Å². The Labute approximate surface area is 295 Å². The Kier molecular flexibility index (Phi) is 13.1. The Morgan fingerprint density at radius 1 is 0.596 bits per heavy atom. The molecule has 0 saturated carbocycles. The minimum absolute atomic E-state index is 0. The van der Waals surface area contributed by atoms with Crippen LogP contribution in [0.2, 0.25) is 0 Å². The number of benzene rings is 2. The summed E-state index contributed by atoms with van der Waals surface area (Å²) in [6, 6.07) is 47.0. The summed E-state index contributed by atoms with van der Waals surface area (Å²) in [5.74, 6) is 0. The zero-order valence-electron chi connectivity index (χ0n) is 28.4. The molecule has 0 spiro atoms. The summed E-state index contributed by atoms with van der Waals surface area (Å²) < 4.78 is 0. The van der Waals surface area contributed by atoms with E-state index < -0.39 is 7.92 Å². The summed E-state index contributed by atoms with van der Waals surface area (Å²) >= 11 is 0. The molecule has 0 radical (unpaired) electrons. The average molecular weight is 697 g/mol. The molecule has 0 aliphatic carbocycles. The third-order valence-electron chi connectivity index (χ3n) is 8.10. The predicted octanol–water partition coefficient (Wildman–Crippen LogP) is 11.1. The molecular weight excluding hydrogens is 650 g/mol. The largest absolute Gasteiger partial charge is 0.748 e. The first kappa shape index (κ1) is 36.7. The van der Waals surface area contributed by atoms with Crippen molar-refractivity contribution in [2.45, 2.75) is 64.2 Å². The van der Waals surface area contributed by atoms with Gasteiger partial charge in [0.25, 0.3) is 0 Å². The average Bonchev–Trinajstić information content (AvgIpc) is 3.76. The minimum atomic E-state index is -0.776. The van der Waals surface area contributed by atoms with Crippen LogP contribution in [0.1, 0.15) is 52.7 Å². The zero-order chi connectivity index (χ0) is 32.6. The Morgan fingerprint density at radius 3 is 1.47 bits per heavy atom. The molecule has 2 nitrogen and oxygen atoms in total. The maximum atomic E-state index is 4.86. The van der Waals surface area contributed by atoms with Gasteiger partial charge in [0.15, 0.2) is 0 Å². The summed E-state index contributed by atoms with van der Waals surface area (Å²) in [6.07, 6.45) is 5.84. The fourth-order valence-electron chi connectivity index (χ4n) is 6.19. The molecule has 0 aliphatic heterocycles. The second-order valence-electron chi connectivity index (χ2n) is 13.5. The molecule has 0 saturated heterocycles. The van der Waals surface area contributed by atoms with Gasteiger partial charge in [0.05, 0.1) is 10.9 Å². The van der Waals surface area contributed by atoms with Crippen LogP contribution in [0, 0.1) is 0 Å². The van der Waals surface area contributed by atoms with Gasteiger partial charge in [-0.2, -0.15) is 6.07 Å². The number of hydrogen-bond acceptors (Lipinski definition) is 2. The van der Waals surface area contributed by atoms with Crippen molar-refractivity contribution >= 4 is 26.7 Å². The number of rotatable bonds is 8. The van der Waals surface area contributed by atoms with E-state index in [0.717, 1.165) is 23.2 Å². The first-order valence-electron chi connectivity index (χ1n) is 16.1. The van der Waals surface area contributed by atoms with Crippen molar-refractivity contribution in [3.63, 3.8) is 0 Å². The molecule has 248 valence electrons. The molecule has 2 heterocycles. The number of aromatic nitrogens is 2. The van der Waals surface area contributed by atoms with Gasteiger partial charge in [-0.1, -0.05) is 125 Å². The SMILES string of the molecule is CC(C)(C)P(C[c-]1c(CP(c2ccccn2)c2ccccn2)cc(-c2ccccc2)c1-c1ccccc1)C(C)(C)C.[Fe].[cH-]1[cH-][cH-][cH-][cH-]1. The van der Waals surface area contributed by atoms with E-state index in [4.69, 9.17) is 9.97 Å². The Morgan fingerprint density at radius 2 is 1.04 bits per heavy atom. The molecule has 4 aromatic carbocycles. The van der Waals surface area contributed by atoms with Crippen LogP contribution in [0.3, 0.4) is 0 Å². The minimum Gasteiger partial charge on any atom is -0.748 e. The van der Waals surface area contributed by atoms with Crippen molar-refractivity contribution in [1.82, 2.24) is 9.97 Å². The fourth-order valence-corrected chi connectivity index (χ4v) is 12.0. The molecule has 6 aromatic rings. The van der Waals surface area contributed by atoms with Gasteiger partial charge in [0.2, 0.25) is 0 Å². The molecule has 0 atom stereocenters. The second kappa shape index (κ2) is 16.8. The van der Waals surface area contributed by atoms with E-state index in [1.165, 1.54) is 33.4 Å². The summed E-state index contributed by atoms with van der Waals surface area (Å²) in [5, 5.41) is 0.436. The molecule has 2 aromatic heterocycles. The number of pyridine rings is 2. The van der Waals surface area contributed by atoms with Crippen LogP contribution in [0.25, 0.3) is 22.3 Å². The summed E-state index contributed by atoms with van der Waals surface area (Å²) in [5.41, 5.74) is 10.5. The molecular formula is C42H46FeN2P2-6. The molecule has 6 rings (SSSR count). The van der Waals surface area contributed by atoms with E-state index in [0.29, 0.717) is 0 Å². The fraction of sp³-hybridized carbons (Fsp3) is 0.238. The van der Waals surface area contributed by atoms with Crippen molar-refractivity contribution in [3.8, 4) is 22.3 Å². The van der Waals surface area contributed by atoms with Crippen LogP contribution in [0.4, 0.5) is 0 Å². The van der Waals surface area contributed by atoms with Gasteiger partial charge < -0.3 is 30.3 Å². The van der Waals surface area contributed by atoms with Gasteiger partial charge in [-0.05, 0) is 54.8 Å². The van der Waals surface area contributed by atoms with Crippen LogP contribution in [-0.2, 0) is 29.4 Å². The molecule has 0 unspecified atom stereocenters. The van der Waals surface area contributed by atoms with Crippen LogP contribution in [0.5, 0.6) is 0 Å². The normalized spacial score (nSPS) is 11.6. The van der Waals surface area contributed by atoms with Crippen molar-refractivity contribution in [2.24, 2.45) is 0 Å². The Hall–Kier alpha value is -3.18. The molecule has 0 N–H and O–H groups in total. The van der Waals surface area contributed by atoms with E-state index in [9.17, 15) is 0 Å². The third-order valence-corrected chi connectivity index (χ3v) is 14.3. The van der Waals surface area contributed by atoms with Crippen LogP contribution in [0.15, 0.2) is 146 Å². The maximum Gasteiger partial charge on any atom is 0.0694 e. The molecule has 0 bridgehead atoms. The van der Waals surface area contributed by atoms with Gasteiger partial charge in [-0.3, -0.25) is 9.97 Å². The number of hydrogen-bond donors (Lipinski definition) is 0. The van der Waals surface area contributed by atoms with E-state index in [1.807, 2.05) is 54.9 Å². The van der Waals surface area contributed by atoms with Gasteiger partial charge in [-0.25, -0.2) is 0 Å². The van der Waals surface area contributed by atoms with E-state index in [2.05, 4.69) is 133 Å². The smallest absolute Gasteiger partial charge is 0.0694 e. The molecule has 0 fully saturated rings. The topological polar surface area (TPSA) is 25.8 Å². The third kappa shape index (κ3) is 9.69. The predicted molar refractivity (Wildman–Crippen MR) is 203 cm³/mol.